The summed E-state index contributed by atoms with van der Waals surface area (Å²) in [5.74, 6) is -0.235. The van der Waals surface area contributed by atoms with E-state index < -0.39 is 6.04 Å². The van der Waals surface area contributed by atoms with E-state index in [9.17, 15) is 9.59 Å². The van der Waals surface area contributed by atoms with Crippen LogP contribution in [0.4, 0.5) is 0 Å². The summed E-state index contributed by atoms with van der Waals surface area (Å²) in [6, 6.07) is 20.8. The highest BCUT2D eigenvalue weighted by Gasteiger charge is 2.31. The van der Waals surface area contributed by atoms with Crippen LogP contribution in [-0.2, 0) is 22.6 Å². The zero-order chi connectivity index (χ0) is 26.1. The number of hydrogen-bond acceptors (Lipinski definition) is 3. The molecule has 0 fully saturated rings. The van der Waals surface area contributed by atoms with E-state index in [-0.39, 0.29) is 31.0 Å². The highest BCUT2D eigenvalue weighted by atomic mass is 35.5. The van der Waals surface area contributed by atoms with E-state index in [0.717, 1.165) is 17.5 Å². The largest absolute Gasteiger partial charge is 0.482 e. The predicted molar refractivity (Wildman–Crippen MR) is 146 cm³/mol. The molecule has 0 saturated heterocycles. The predicted octanol–water partition coefficient (Wildman–Crippen LogP) is 6.58. The highest BCUT2D eigenvalue weighted by Crippen LogP contribution is 2.27. The van der Waals surface area contributed by atoms with Crippen LogP contribution in [0, 0.1) is 0 Å². The maximum atomic E-state index is 13.6. The van der Waals surface area contributed by atoms with Gasteiger partial charge in [0.25, 0.3) is 5.91 Å². The fraction of sp³-hybridized carbons (Fsp3) is 0.286. The van der Waals surface area contributed by atoms with Crippen molar-refractivity contribution in [2.75, 3.05) is 6.61 Å². The van der Waals surface area contributed by atoms with Gasteiger partial charge in [-0.3, -0.25) is 9.59 Å². The molecule has 190 valence electrons. The van der Waals surface area contributed by atoms with Crippen LogP contribution in [0.15, 0.2) is 72.8 Å². The molecule has 2 atom stereocenters. The van der Waals surface area contributed by atoms with Gasteiger partial charge in [0.1, 0.15) is 11.8 Å². The Hall–Kier alpha value is -2.73. The van der Waals surface area contributed by atoms with Crippen molar-refractivity contribution in [2.24, 2.45) is 0 Å². The second-order valence-electron chi connectivity index (χ2n) is 8.53. The summed E-state index contributed by atoms with van der Waals surface area (Å²) in [7, 11) is 0. The average Bonchev–Trinajstić information content (AvgIpc) is 2.87. The molecule has 0 bridgehead atoms. The van der Waals surface area contributed by atoms with Crippen LogP contribution in [0.2, 0.25) is 15.1 Å². The van der Waals surface area contributed by atoms with Gasteiger partial charge in [-0.15, -0.1) is 0 Å². The van der Waals surface area contributed by atoms with Gasteiger partial charge in [0.15, 0.2) is 6.61 Å². The monoisotopic (exact) mass is 546 g/mol. The number of nitrogens with zero attached hydrogens (tertiary/aromatic N) is 1. The van der Waals surface area contributed by atoms with Gasteiger partial charge in [0, 0.05) is 29.1 Å². The molecule has 0 heterocycles. The molecule has 2 amide bonds. The number of carbonyl (C=O) groups excluding carboxylic acids is 2. The van der Waals surface area contributed by atoms with Crippen molar-refractivity contribution in [3.63, 3.8) is 0 Å². The third-order valence-corrected chi connectivity index (χ3v) is 6.57. The first kappa shape index (κ1) is 27.9. The maximum absolute atomic E-state index is 13.6. The molecule has 8 heteroatoms. The minimum Gasteiger partial charge on any atom is -0.482 e. The SMILES string of the molecule is CCC(C)NC(=O)C(Cc1ccccc1)N(Cc1ccc(Cl)cc1)C(=O)COc1ccc(Cl)cc1Cl. The lowest BCUT2D eigenvalue weighted by Crippen LogP contribution is -2.53. The molecule has 0 saturated carbocycles. The van der Waals surface area contributed by atoms with Crippen LogP contribution in [-0.4, -0.2) is 35.4 Å². The van der Waals surface area contributed by atoms with Crippen LogP contribution in [0.5, 0.6) is 5.75 Å². The van der Waals surface area contributed by atoms with Gasteiger partial charge in [-0.25, -0.2) is 0 Å². The molecule has 0 aliphatic carbocycles. The minimum absolute atomic E-state index is 0.0348. The number of amides is 2. The Morgan fingerprint density at radius 1 is 0.917 bits per heavy atom. The van der Waals surface area contributed by atoms with E-state index >= 15 is 0 Å². The summed E-state index contributed by atoms with van der Waals surface area (Å²) in [6.07, 6.45) is 1.12. The Morgan fingerprint density at radius 3 is 2.22 bits per heavy atom. The summed E-state index contributed by atoms with van der Waals surface area (Å²) >= 11 is 18.3. The molecule has 0 aliphatic rings. The van der Waals surface area contributed by atoms with Crippen molar-refractivity contribution in [3.8, 4) is 5.75 Å². The van der Waals surface area contributed by atoms with Gasteiger partial charge in [0.05, 0.1) is 5.02 Å². The Bertz CT molecular complexity index is 1160. The van der Waals surface area contributed by atoms with E-state index in [4.69, 9.17) is 39.5 Å². The number of carbonyl (C=O) groups is 2. The van der Waals surface area contributed by atoms with Crippen LogP contribution < -0.4 is 10.1 Å². The van der Waals surface area contributed by atoms with E-state index in [1.54, 1.807) is 35.2 Å². The molecule has 3 aromatic carbocycles. The maximum Gasteiger partial charge on any atom is 0.261 e. The standard InChI is InChI=1S/C28H29Cl3N2O3/c1-3-19(2)32-28(35)25(15-20-7-5-4-6-8-20)33(17-21-9-11-22(29)12-10-21)27(34)18-36-26-14-13-23(30)16-24(26)31/h4-14,16,19,25H,3,15,17-18H2,1-2H3,(H,32,35). The van der Waals surface area contributed by atoms with Crippen LogP contribution in [0.3, 0.4) is 0 Å². The summed E-state index contributed by atoms with van der Waals surface area (Å²) < 4.78 is 5.74. The lowest BCUT2D eigenvalue weighted by Gasteiger charge is -2.32. The molecule has 2 unspecified atom stereocenters. The minimum atomic E-state index is -0.756. The Labute approximate surface area is 227 Å². The van der Waals surface area contributed by atoms with Gasteiger partial charge in [-0.1, -0.05) is 84.2 Å². The fourth-order valence-corrected chi connectivity index (χ4v) is 4.19. The number of benzene rings is 3. The number of halogens is 3. The Morgan fingerprint density at radius 2 is 1.58 bits per heavy atom. The van der Waals surface area contributed by atoms with Crippen molar-refractivity contribution >= 4 is 46.6 Å². The molecular formula is C28H29Cl3N2O3. The van der Waals surface area contributed by atoms with Crippen molar-refractivity contribution in [2.45, 2.75) is 45.3 Å². The van der Waals surface area contributed by atoms with Crippen molar-refractivity contribution in [3.05, 3.63) is 99.0 Å². The molecule has 5 nitrogen and oxygen atoms in total. The fourth-order valence-electron chi connectivity index (χ4n) is 3.60. The van der Waals surface area contributed by atoms with Gasteiger partial charge < -0.3 is 15.0 Å². The highest BCUT2D eigenvalue weighted by molar-refractivity contribution is 6.35. The smallest absolute Gasteiger partial charge is 0.261 e. The van der Waals surface area contributed by atoms with E-state index in [2.05, 4.69) is 5.32 Å². The lowest BCUT2D eigenvalue weighted by molar-refractivity contribution is -0.143. The van der Waals surface area contributed by atoms with Crippen LogP contribution in [0.25, 0.3) is 0 Å². The summed E-state index contributed by atoms with van der Waals surface area (Å²) in [5, 5.41) is 4.40. The normalized spacial score (nSPS) is 12.5. The average molecular weight is 548 g/mol. The zero-order valence-corrected chi connectivity index (χ0v) is 22.5. The Kier molecular flexibility index (Phi) is 10.5. The summed E-state index contributed by atoms with van der Waals surface area (Å²) in [5.41, 5.74) is 1.78. The van der Waals surface area contributed by atoms with Gasteiger partial charge >= 0.3 is 0 Å². The van der Waals surface area contributed by atoms with Crippen molar-refractivity contribution in [1.29, 1.82) is 0 Å². The molecule has 3 rings (SSSR count). The first-order chi connectivity index (χ1) is 17.3. The van der Waals surface area contributed by atoms with E-state index in [0.29, 0.717) is 27.2 Å². The van der Waals surface area contributed by atoms with E-state index in [1.807, 2.05) is 56.3 Å². The molecule has 0 aliphatic heterocycles. The molecule has 0 aromatic heterocycles. The topological polar surface area (TPSA) is 58.6 Å². The van der Waals surface area contributed by atoms with E-state index in [1.165, 1.54) is 0 Å². The van der Waals surface area contributed by atoms with Crippen LogP contribution in [0.1, 0.15) is 31.4 Å². The quantitative estimate of drug-likeness (QED) is 0.295. The summed E-state index contributed by atoms with van der Waals surface area (Å²) in [4.78, 5) is 28.6. The third kappa shape index (κ3) is 8.16. The molecule has 3 aromatic rings. The molecule has 0 spiro atoms. The van der Waals surface area contributed by atoms with Gasteiger partial charge in [0.2, 0.25) is 5.91 Å². The summed E-state index contributed by atoms with van der Waals surface area (Å²) in [6.45, 7) is 3.85. The second kappa shape index (κ2) is 13.5. The van der Waals surface area contributed by atoms with Crippen LogP contribution >= 0.6 is 34.8 Å². The third-order valence-electron chi connectivity index (χ3n) is 5.78. The lowest BCUT2D eigenvalue weighted by atomic mass is 10.0. The van der Waals surface area contributed by atoms with Gasteiger partial charge in [-0.2, -0.15) is 0 Å². The van der Waals surface area contributed by atoms with Gasteiger partial charge in [-0.05, 0) is 54.8 Å². The number of ether oxygens (including phenoxy) is 1. The first-order valence-corrected chi connectivity index (χ1v) is 12.9. The zero-order valence-electron chi connectivity index (χ0n) is 20.2. The second-order valence-corrected chi connectivity index (χ2v) is 9.82. The Balaban J connectivity index is 1.91. The number of nitrogens with one attached hydrogen (secondary N) is 1. The number of rotatable bonds is 11. The first-order valence-electron chi connectivity index (χ1n) is 11.7. The van der Waals surface area contributed by atoms with Crippen molar-refractivity contribution < 1.29 is 14.3 Å². The number of hydrogen-bond donors (Lipinski definition) is 1. The van der Waals surface area contributed by atoms with Crippen molar-refractivity contribution in [1.82, 2.24) is 10.2 Å². The molecule has 0 radical (unpaired) electrons. The molecule has 36 heavy (non-hydrogen) atoms. The molecule has 1 N–H and O–H groups in total. The molecular weight excluding hydrogens is 519 g/mol.